The Kier molecular flexibility index (Phi) is 8.52. The quantitative estimate of drug-likeness (QED) is 0.425. The van der Waals surface area contributed by atoms with Crippen LogP contribution >= 0.6 is 0 Å². The largest absolute Gasteiger partial charge is 0.488 e. The van der Waals surface area contributed by atoms with Crippen LogP contribution in [0.3, 0.4) is 0 Å². The molecule has 1 amide bonds. The lowest BCUT2D eigenvalue weighted by Gasteiger charge is -2.24. The van der Waals surface area contributed by atoms with E-state index in [1.54, 1.807) is 38.6 Å². The maximum atomic E-state index is 12.6. The normalized spacial score (nSPS) is 12.0. The summed E-state index contributed by atoms with van der Waals surface area (Å²) in [6, 6.07) is 16.7. The molecule has 0 aliphatic heterocycles. The average Bonchev–Trinajstić information content (AvgIpc) is 3.22. The number of hydrogen-bond donors (Lipinski definition) is 1. The third kappa shape index (κ3) is 7.60. The van der Waals surface area contributed by atoms with Gasteiger partial charge in [-0.15, -0.1) is 0 Å². The fourth-order valence-electron chi connectivity index (χ4n) is 3.55. The standard InChI is InChI=1S/C27H33N3O5/c1-6-33-25(31)17-22(29-26(32)35-27(2,3)4)20-12-13-24(34-18-19-10-8-7-9-11-19)21(16-20)23-14-15-28-30(23)5/h7-16,22H,6,17-18H2,1-5H3,(H,29,32). The summed E-state index contributed by atoms with van der Waals surface area (Å²) in [4.78, 5) is 24.9. The number of aromatic nitrogens is 2. The second-order valence-electron chi connectivity index (χ2n) is 9.08. The number of nitrogens with one attached hydrogen (secondary N) is 1. The van der Waals surface area contributed by atoms with Crippen LogP contribution in [0, 0.1) is 0 Å². The minimum absolute atomic E-state index is 0.0396. The van der Waals surface area contributed by atoms with Crippen molar-refractivity contribution in [1.29, 1.82) is 0 Å². The molecule has 1 N–H and O–H groups in total. The van der Waals surface area contributed by atoms with E-state index in [2.05, 4.69) is 10.4 Å². The molecule has 35 heavy (non-hydrogen) atoms. The molecule has 1 aromatic heterocycles. The molecule has 1 unspecified atom stereocenters. The smallest absolute Gasteiger partial charge is 0.408 e. The zero-order valence-electron chi connectivity index (χ0n) is 20.9. The van der Waals surface area contributed by atoms with Gasteiger partial charge in [-0.1, -0.05) is 36.4 Å². The van der Waals surface area contributed by atoms with E-state index >= 15 is 0 Å². The fourth-order valence-corrected chi connectivity index (χ4v) is 3.55. The van der Waals surface area contributed by atoms with E-state index in [-0.39, 0.29) is 13.0 Å². The first kappa shape index (κ1) is 25.8. The molecule has 8 nitrogen and oxygen atoms in total. The third-order valence-electron chi connectivity index (χ3n) is 5.11. The number of carbonyl (C=O) groups excluding carboxylic acids is 2. The van der Waals surface area contributed by atoms with E-state index in [4.69, 9.17) is 14.2 Å². The molecule has 1 heterocycles. The predicted octanol–water partition coefficient (Wildman–Crippen LogP) is 5.19. The van der Waals surface area contributed by atoms with Gasteiger partial charge in [0, 0.05) is 18.8 Å². The molecule has 0 bridgehead atoms. The summed E-state index contributed by atoms with van der Waals surface area (Å²) in [5.41, 5.74) is 2.71. The maximum Gasteiger partial charge on any atom is 0.408 e. The van der Waals surface area contributed by atoms with Crippen LogP contribution < -0.4 is 10.1 Å². The van der Waals surface area contributed by atoms with Crippen molar-refractivity contribution in [3.05, 3.63) is 71.9 Å². The van der Waals surface area contributed by atoms with E-state index in [0.717, 1.165) is 16.8 Å². The van der Waals surface area contributed by atoms with Gasteiger partial charge in [-0.05, 0) is 57.0 Å². The number of hydrogen-bond acceptors (Lipinski definition) is 6. The van der Waals surface area contributed by atoms with Gasteiger partial charge in [0.15, 0.2) is 0 Å². The van der Waals surface area contributed by atoms with Gasteiger partial charge in [-0.25, -0.2) is 4.79 Å². The van der Waals surface area contributed by atoms with Crippen molar-refractivity contribution in [2.45, 2.75) is 52.4 Å². The van der Waals surface area contributed by atoms with Crippen LogP contribution in [0.1, 0.15) is 51.3 Å². The lowest BCUT2D eigenvalue weighted by Crippen LogP contribution is -2.36. The van der Waals surface area contributed by atoms with Crippen LogP contribution in [-0.4, -0.2) is 34.1 Å². The Labute approximate surface area is 206 Å². The van der Waals surface area contributed by atoms with Crippen molar-refractivity contribution in [1.82, 2.24) is 15.1 Å². The van der Waals surface area contributed by atoms with Gasteiger partial charge in [0.1, 0.15) is 18.0 Å². The minimum atomic E-state index is -0.673. The van der Waals surface area contributed by atoms with E-state index in [0.29, 0.717) is 17.9 Å². The molecular formula is C27H33N3O5. The highest BCUT2D eigenvalue weighted by molar-refractivity contribution is 5.74. The molecule has 0 aliphatic rings. The Morgan fingerprint density at radius 3 is 2.46 bits per heavy atom. The molecule has 1 atom stereocenters. The Morgan fingerprint density at radius 1 is 1.09 bits per heavy atom. The van der Waals surface area contributed by atoms with Crippen molar-refractivity contribution < 1.29 is 23.8 Å². The summed E-state index contributed by atoms with van der Waals surface area (Å²) < 4.78 is 18.5. The molecule has 0 saturated heterocycles. The van der Waals surface area contributed by atoms with Gasteiger partial charge < -0.3 is 19.5 Å². The SMILES string of the molecule is CCOC(=O)CC(NC(=O)OC(C)(C)C)c1ccc(OCc2ccccc2)c(-c2ccnn2C)c1. The lowest BCUT2D eigenvalue weighted by molar-refractivity contribution is -0.143. The van der Waals surface area contributed by atoms with Crippen molar-refractivity contribution in [3.63, 3.8) is 0 Å². The zero-order valence-corrected chi connectivity index (χ0v) is 20.9. The molecule has 186 valence electrons. The topological polar surface area (TPSA) is 91.7 Å². The third-order valence-corrected chi connectivity index (χ3v) is 5.11. The van der Waals surface area contributed by atoms with Crippen LogP contribution in [-0.2, 0) is 27.9 Å². The van der Waals surface area contributed by atoms with Gasteiger partial charge >= 0.3 is 12.1 Å². The number of nitrogens with zero attached hydrogens (tertiary/aromatic N) is 2. The molecule has 3 rings (SSSR count). The fraction of sp³-hybridized carbons (Fsp3) is 0.370. The number of benzene rings is 2. The number of carbonyl (C=O) groups is 2. The van der Waals surface area contributed by atoms with Gasteiger partial charge in [0.25, 0.3) is 0 Å². The monoisotopic (exact) mass is 479 g/mol. The first-order chi connectivity index (χ1) is 16.7. The molecule has 0 saturated carbocycles. The lowest BCUT2D eigenvalue weighted by atomic mass is 9.99. The van der Waals surface area contributed by atoms with Crippen molar-refractivity contribution in [2.24, 2.45) is 7.05 Å². The summed E-state index contributed by atoms with van der Waals surface area (Å²) in [5.74, 6) is 0.244. The maximum absolute atomic E-state index is 12.6. The first-order valence-electron chi connectivity index (χ1n) is 11.6. The average molecular weight is 480 g/mol. The van der Waals surface area contributed by atoms with E-state index in [1.165, 1.54) is 0 Å². The summed E-state index contributed by atoms with van der Waals surface area (Å²) in [6.45, 7) is 7.75. The van der Waals surface area contributed by atoms with Crippen molar-refractivity contribution in [2.75, 3.05) is 6.61 Å². The molecule has 0 radical (unpaired) electrons. The number of alkyl carbamates (subject to hydrolysis) is 1. The van der Waals surface area contributed by atoms with Crippen LogP contribution in [0.4, 0.5) is 4.79 Å². The molecular weight excluding hydrogens is 446 g/mol. The Hall–Kier alpha value is -3.81. The van der Waals surface area contributed by atoms with Crippen LogP contribution in [0.15, 0.2) is 60.8 Å². The van der Waals surface area contributed by atoms with Crippen LogP contribution in [0.5, 0.6) is 5.75 Å². The molecule has 8 heteroatoms. The molecule has 0 fully saturated rings. The second-order valence-corrected chi connectivity index (χ2v) is 9.08. The van der Waals surface area contributed by atoms with Gasteiger partial charge in [-0.2, -0.15) is 5.10 Å². The van der Waals surface area contributed by atoms with Gasteiger partial charge in [-0.3, -0.25) is 9.48 Å². The van der Waals surface area contributed by atoms with Crippen LogP contribution in [0.2, 0.25) is 0 Å². The van der Waals surface area contributed by atoms with Crippen molar-refractivity contribution in [3.8, 4) is 17.0 Å². The summed E-state index contributed by atoms with van der Waals surface area (Å²) in [5, 5.41) is 7.10. The highest BCUT2D eigenvalue weighted by atomic mass is 16.6. The second kappa shape index (κ2) is 11.6. The molecule has 0 aliphatic carbocycles. The minimum Gasteiger partial charge on any atom is -0.488 e. The van der Waals surface area contributed by atoms with Crippen molar-refractivity contribution >= 4 is 12.1 Å². The Morgan fingerprint density at radius 2 is 1.83 bits per heavy atom. The number of rotatable bonds is 9. The van der Waals surface area contributed by atoms with E-state index < -0.39 is 23.7 Å². The van der Waals surface area contributed by atoms with Crippen LogP contribution in [0.25, 0.3) is 11.3 Å². The summed E-state index contributed by atoms with van der Waals surface area (Å²) >= 11 is 0. The van der Waals surface area contributed by atoms with Gasteiger partial charge in [0.05, 0.1) is 24.8 Å². The molecule has 3 aromatic rings. The highest BCUT2D eigenvalue weighted by Gasteiger charge is 2.24. The van der Waals surface area contributed by atoms with Gasteiger partial charge in [0.2, 0.25) is 0 Å². The number of amides is 1. The summed E-state index contributed by atoms with van der Waals surface area (Å²) in [6.07, 6.45) is 1.05. The molecule has 0 spiro atoms. The van der Waals surface area contributed by atoms with E-state index in [1.807, 2.05) is 61.6 Å². The number of aryl methyl sites for hydroxylation is 1. The predicted molar refractivity (Wildman–Crippen MR) is 133 cm³/mol. The highest BCUT2D eigenvalue weighted by Crippen LogP contribution is 2.34. The first-order valence-corrected chi connectivity index (χ1v) is 11.6. The molecule has 2 aromatic carbocycles. The zero-order chi connectivity index (χ0) is 25.4. The summed E-state index contributed by atoms with van der Waals surface area (Å²) in [7, 11) is 1.85. The number of esters is 1. The Bertz CT molecular complexity index is 1140. The Balaban J connectivity index is 1.95. The van der Waals surface area contributed by atoms with E-state index in [9.17, 15) is 9.59 Å². The number of ether oxygens (including phenoxy) is 3.